The fourth-order valence-corrected chi connectivity index (χ4v) is 3.07. The molecule has 0 spiro atoms. The first-order valence-electron chi connectivity index (χ1n) is 8.20. The highest BCUT2D eigenvalue weighted by atomic mass is 35.5. The number of anilines is 1. The number of halogens is 1. The zero-order valence-electron chi connectivity index (χ0n) is 14.6. The van der Waals surface area contributed by atoms with Crippen molar-refractivity contribution in [3.8, 4) is 17.0 Å². The quantitative estimate of drug-likeness (QED) is 0.645. The Morgan fingerprint density at radius 2 is 1.88 bits per heavy atom. The van der Waals surface area contributed by atoms with E-state index >= 15 is 0 Å². The van der Waals surface area contributed by atoms with Gasteiger partial charge in [0.25, 0.3) is 0 Å². The fraction of sp³-hybridized carbons (Fsp3) is 0.190. The molecule has 0 unspecified atom stereocenters. The third-order valence-corrected chi connectivity index (χ3v) is 4.56. The molecular weight excluding hydrogens is 332 g/mol. The summed E-state index contributed by atoms with van der Waals surface area (Å²) < 4.78 is 6.07. The van der Waals surface area contributed by atoms with Crippen molar-refractivity contribution < 1.29 is 4.74 Å². The van der Waals surface area contributed by atoms with E-state index in [0.29, 0.717) is 11.6 Å². The predicted molar refractivity (Wildman–Crippen MR) is 104 cm³/mol. The van der Waals surface area contributed by atoms with E-state index in [4.69, 9.17) is 16.3 Å². The number of rotatable bonds is 5. The number of hydrogen-bond acceptors (Lipinski definition) is 3. The number of ether oxygens (including phenoxy) is 1. The molecule has 0 radical (unpaired) electrons. The first kappa shape index (κ1) is 17.3. The molecule has 3 rings (SSSR count). The number of aromatic nitrogens is 1. The Labute approximate surface area is 153 Å². The van der Waals surface area contributed by atoms with E-state index in [9.17, 15) is 0 Å². The molecular formula is C21H21ClN2O. The van der Waals surface area contributed by atoms with Crippen molar-refractivity contribution in [2.24, 2.45) is 0 Å². The van der Waals surface area contributed by atoms with Gasteiger partial charge in [-0.3, -0.25) is 4.98 Å². The van der Waals surface area contributed by atoms with Gasteiger partial charge in [0.05, 0.1) is 10.7 Å². The lowest BCUT2D eigenvalue weighted by atomic mass is 10.1. The first-order chi connectivity index (χ1) is 12.1. The zero-order chi connectivity index (χ0) is 17.8. The van der Waals surface area contributed by atoms with Crippen LogP contribution in [0.4, 0.5) is 5.69 Å². The van der Waals surface area contributed by atoms with E-state index in [2.05, 4.69) is 35.4 Å². The molecule has 0 saturated heterocycles. The number of aryl methyl sites for hydroxylation is 2. The van der Waals surface area contributed by atoms with Gasteiger partial charge in [-0.1, -0.05) is 23.7 Å². The van der Waals surface area contributed by atoms with Gasteiger partial charge in [-0.15, -0.1) is 0 Å². The molecule has 1 aromatic heterocycles. The van der Waals surface area contributed by atoms with Crippen LogP contribution in [0.5, 0.6) is 5.75 Å². The molecule has 0 aliphatic carbocycles. The van der Waals surface area contributed by atoms with Crippen LogP contribution in [-0.2, 0) is 6.61 Å². The topological polar surface area (TPSA) is 34.1 Å². The summed E-state index contributed by atoms with van der Waals surface area (Å²) in [7, 11) is 1.93. The number of nitrogens with zero attached hydrogens (tertiary/aromatic N) is 1. The summed E-state index contributed by atoms with van der Waals surface area (Å²) in [4.78, 5) is 4.37. The van der Waals surface area contributed by atoms with Crippen molar-refractivity contribution in [1.29, 1.82) is 0 Å². The summed E-state index contributed by atoms with van der Waals surface area (Å²) in [5.41, 5.74) is 6.30. The molecule has 25 heavy (non-hydrogen) atoms. The number of nitrogens with one attached hydrogen (secondary N) is 1. The summed E-state index contributed by atoms with van der Waals surface area (Å²) in [6.45, 7) is 4.65. The minimum absolute atomic E-state index is 0.521. The summed E-state index contributed by atoms with van der Waals surface area (Å²) >= 11 is 6.24. The van der Waals surface area contributed by atoms with Crippen LogP contribution in [0.3, 0.4) is 0 Å². The van der Waals surface area contributed by atoms with Crippen molar-refractivity contribution in [1.82, 2.24) is 4.98 Å². The molecule has 1 N–H and O–H groups in total. The minimum atomic E-state index is 0.521. The van der Waals surface area contributed by atoms with Crippen molar-refractivity contribution >= 4 is 17.3 Å². The molecule has 0 saturated carbocycles. The van der Waals surface area contributed by atoms with Crippen LogP contribution >= 0.6 is 11.6 Å². The Balaban J connectivity index is 1.82. The third-order valence-electron chi connectivity index (χ3n) is 4.26. The van der Waals surface area contributed by atoms with Gasteiger partial charge < -0.3 is 10.1 Å². The standard InChI is InChI=1S/C21H21ClN2O/c1-14-6-4-8-19(23-3)17(14)13-25-20-10-9-16(12-15(20)2)21-18(22)7-5-11-24-21/h4-12,23H,13H2,1-3H3. The molecule has 0 aliphatic rings. The number of pyridine rings is 1. The normalized spacial score (nSPS) is 10.6. The molecule has 2 aromatic carbocycles. The Morgan fingerprint density at radius 3 is 2.60 bits per heavy atom. The maximum absolute atomic E-state index is 6.24. The Kier molecular flexibility index (Phi) is 5.25. The first-order valence-corrected chi connectivity index (χ1v) is 8.58. The molecule has 3 aromatic rings. The van der Waals surface area contributed by atoms with Gasteiger partial charge in [0.15, 0.2) is 0 Å². The molecule has 0 bridgehead atoms. The van der Waals surface area contributed by atoms with Crippen LogP contribution in [0.2, 0.25) is 5.02 Å². The van der Waals surface area contributed by atoms with Crippen LogP contribution < -0.4 is 10.1 Å². The van der Waals surface area contributed by atoms with Crippen molar-refractivity contribution in [3.63, 3.8) is 0 Å². The smallest absolute Gasteiger partial charge is 0.122 e. The molecule has 0 aliphatic heterocycles. The maximum atomic E-state index is 6.24. The SMILES string of the molecule is CNc1cccc(C)c1COc1ccc(-c2ncccc2Cl)cc1C. The van der Waals surface area contributed by atoms with E-state index in [-0.39, 0.29) is 0 Å². The second-order valence-electron chi connectivity index (χ2n) is 5.95. The van der Waals surface area contributed by atoms with E-state index in [1.165, 1.54) is 11.1 Å². The molecule has 0 amide bonds. The Hall–Kier alpha value is -2.52. The molecule has 128 valence electrons. The minimum Gasteiger partial charge on any atom is -0.489 e. The van der Waals surface area contributed by atoms with Gasteiger partial charge in [-0.05, 0) is 61.4 Å². The molecule has 4 heteroatoms. The molecule has 0 atom stereocenters. The van der Waals surface area contributed by atoms with E-state index < -0.39 is 0 Å². The second kappa shape index (κ2) is 7.58. The fourth-order valence-electron chi connectivity index (χ4n) is 2.83. The average Bonchev–Trinajstić information content (AvgIpc) is 2.62. The highest BCUT2D eigenvalue weighted by Gasteiger charge is 2.09. The highest BCUT2D eigenvalue weighted by Crippen LogP contribution is 2.30. The van der Waals surface area contributed by atoms with Crippen molar-refractivity contribution in [3.05, 3.63) is 76.4 Å². The summed E-state index contributed by atoms with van der Waals surface area (Å²) in [5.74, 6) is 0.862. The number of benzene rings is 2. The van der Waals surface area contributed by atoms with Crippen LogP contribution in [-0.4, -0.2) is 12.0 Å². The van der Waals surface area contributed by atoms with Crippen LogP contribution in [0.15, 0.2) is 54.7 Å². The van der Waals surface area contributed by atoms with Crippen LogP contribution in [0.1, 0.15) is 16.7 Å². The summed E-state index contributed by atoms with van der Waals surface area (Å²) in [5, 5.41) is 3.87. The molecule has 3 nitrogen and oxygen atoms in total. The highest BCUT2D eigenvalue weighted by molar-refractivity contribution is 6.33. The van der Waals surface area contributed by atoms with Crippen molar-refractivity contribution in [2.45, 2.75) is 20.5 Å². The van der Waals surface area contributed by atoms with Gasteiger partial charge in [0.1, 0.15) is 12.4 Å². The van der Waals surface area contributed by atoms with Crippen LogP contribution in [0, 0.1) is 13.8 Å². The maximum Gasteiger partial charge on any atom is 0.122 e. The second-order valence-corrected chi connectivity index (χ2v) is 6.36. The van der Waals surface area contributed by atoms with E-state index in [0.717, 1.165) is 28.3 Å². The van der Waals surface area contributed by atoms with Gasteiger partial charge >= 0.3 is 0 Å². The van der Waals surface area contributed by atoms with Gasteiger partial charge in [-0.25, -0.2) is 0 Å². The molecule has 1 heterocycles. The van der Waals surface area contributed by atoms with Gasteiger partial charge in [0.2, 0.25) is 0 Å². The number of hydrogen-bond donors (Lipinski definition) is 1. The van der Waals surface area contributed by atoms with Gasteiger partial charge in [-0.2, -0.15) is 0 Å². The predicted octanol–water partition coefficient (Wildman–Crippen LogP) is 5.64. The average molecular weight is 353 g/mol. The molecule has 0 fully saturated rings. The lowest BCUT2D eigenvalue weighted by Gasteiger charge is -2.15. The third kappa shape index (κ3) is 3.77. The van der Waals surface area contributed by atoms with Crippen molar-refractivity contribution in [2.75, 3.05) is 12.4 Å². The van der Waals surface area contributed by atoms with E-state index in [1.807, 2.05) is 44.3 Å². The summed E-state index contributed by atoms with van der Waals surface area (Å²) in [6, 6.07) is 15.9. The van der Waals surface area contributed by atoms with Gasteiger partial charge in [0, 0.05) is 30.1 Å². The Bertz CT molecular complexity index is 893. The largest absolute Gasteiger partial charge is 0.489 e. The lowest BCUT2D eigenvalue weighted by molar-refractivity contribution is 0.304. The zero-order valence-corrected chi connectivity index (χ0v) is 15.4. The lowest BCUT2D eigenvalue weighted by Crippen LogP contribution is -2.03. The monoisotopic (exact) mass is 352 g/mol. The van der Waals surface area contributed by atoms with Crippen LogP contribution in [0.25, 0.3) is 11.3 Å². The summed E-state index contributed by atoms with van der Waals surface area (Å²) in [6.07, 6.45) is 1.75. The Morgan fingerprint density at radius 1 is 1.04 bits per heavy atom. The van der Waals surface area contributed by atoms with E-state index in [1.54, 1.807) is 6.20 Å².